The second-order valence-electron chi connectivity index (χ2n) is 6.59. The van der Waals surface area contributed by atoms with Gasteiger partial charge in [-0.1, -0.05) is 23.8 Å². The number of halogens is 1. The molecule has 22 heavy (non-hydrogen) atoms. The topological polar surface area (TPSA) is 41.1 Å². The van der Waals surface area contributed by atoms with Gasteiger partial charge in [0.2, 0.25) is 5.91 Å². The number of hydrogen-bond donors (Lipinski definition) is 2. The fourth-order valence-electron chi connectivity index (χ4n) is 3.67. The molecule has 1 unspecified atom stereocenters. The first-order valence-corrected chi connectivity index (χ1v) is 8.32. The van der Waals surface area contributed by atoms with Crippen molar-refractivity contribution >= 4 is 18.3 Å². The Hall–Kier alpha value is -1.06. The highest BCUT2D eigenvalue weighted by Crippen LogP contribution is 2.31. The Kier molecular flexibility index (Phi) is 6.27. The van der Waals surface area contributed by atoms with Crippen LogP contribution in [0.2, 0.25) is 0 Å². The predicted octanol–water partition coefficient (Wildman–Crippen LogP) is 3.30. The van der Waals surface area contributed by atoms with E-state index in [2.05, 4.69) is 35.8 Å². The molecule has 1 fully saturated rings. The smallest absolute Gasteiger partial charge is 0.220 e. The van der Waals surface area contributed by atoms with E-state index in [9.17, 15) is 4.79 Å². The van der Waals surface area contributed by atoms with Crippen molar-refractivity contribution in [1.82, 2.24) is 10.6 Å². The number of hydrogen-bond acceptors (Lipinski definition) is 2. The number of piperidine rings is 1. The van der Waals surface area contributed by atoms with Crippen LogP contribution < -0.4 is 10.6 Å². The Labute approximate surface area is 139 Å². The molecule has 0 spiro atoms. The van der Waals surface area contributed by atoms with Gasteiger partial charge in [0.15, 0.2) is 0 Å². The fourth-order valence-corrected chi connectivity index (χ4v) is 3.67. The molecule has 1 amide bonds. The molecule has 1 atom stereocenters. The van der Waals surface area contributed by atoms with Gasteiger partial charge in [0.1, 0.15) is 0 Å². The summed E-state index contributed by atoms with van der Waals surface area (Å²) in [4.78, 5) is 12.2. The predicted molar refractivity (Wildman–Crippen MR) is 92.5 cm³/mol. The summed E-state index contributed by atoms with van der Waals surface area (Å²) in [5.41, 5.74) is 4.06. The summed E-state index contributed by atoms with van der Waals surface area (Å²) in [6, 6.07) is 6.84. The average Bonchev–Trinajstić information content (AvgIpc) is 2.88. The van der Waals surface area contributed by atoms with Gasteiger partial charge in [0.25, 0.3) is 0 Å². The second-order valence-corrected chi connectivity index (χ2v) is 6.59. The summed E-state index contributed by atoms with van der Waals surface area (Å²) in [5, 5.41) is 6.62. The Balaban J connectivity index is 0.00000176. The molecule has 1 saturated heterocycles. The van der Waals surface area contributed by atoms with E-state index in [0.29, 0.717) is 6.42 Å². The maximum absolute atomic E-state index is 12.2. The van der Waals surface area contributed by atoms with Crippen LogP contribution in [-0.4, -0.2) is 19.0 Å². The minimum atomic E-state index is 0. The third-order valence-corrected chi connectivity index (χ3v) is 4.95. The summed E-state index contributed by atoms with van der Waals surface area (Å²) in [5.74, 6) is 0.961. The molecule has 1 heterocycles. The number of rotatable bonds is 4. The summed E-state index contributed by atoms with van der Waals surface area (Å²) < 4.78 is 0. The maximum atomic E-state index is 12.2. The van der Waals surface area contributed by atoms with Gasteiger partial charge in [-0.05, 0) is 69.2 Å². The molecular weight excluding hydrogens is 296 g/mol. The third kappa shape index (κ3) is 4.23. The molecule has 4 heteroatoms. The van der Waals surface area contributed by atoms with E-state index in [4.69, 9.17) is 0 Å². The Morgan fingerprint density at radius 1 is 1.27 bits per heavy atom. The third-order valence-electron chi connectivity index (χ3n) is 4.95. The van der Waals surface area contributed by atoms with Crippen molar-refractivity contribution < 1.29 is 4.79 Å². The lowest BCUT2D eigenvalue weighted by Crippen LogP contribution is -2.30. The molecular formula is C18H27ClN2O. The maximum Gasteiger partial charge on any atom is 0.220 e. The molecule has 0 bridgehead atoms. The lowest BCUT2D eigenvalue weighted by Gasteiger charge is -2.22. The highest BCUT2D eigenvalue weighted by molar-refractivity contribution is 5.85. The summed E-state index contributed by atoms with van der Waals surface area (Å²) in [6.07, 6.45) is 6.31. The second kappa shape index (κ2) is 7.98. The highest BCUT2D eigenvalue weighted by atomic mass is 35.5. The van der Waals surface area contributed by atoms with Gasteiger partial charge in [-0.2, -0.15) is 0 Å². The number of carbonyl (C=O) groups is 1. The van der Waals surface area contributed by atoms with Crippen LogP contribution in [-0.2, 0) is 11.2 Å². The molecule has 122 valence electrons. The van der Waals surface area contributed by atoms with Crippen molar-refractivity contribution in [2.24, 2.45) is 5.92 Å². The SMILES string of the molecule is Cc1ccc2c(c1)CCC2NC(=O)CCC1CCNCC1.Cl. The summed E-state index contributed by atoms with van der Waals surface area (Å²) in [6.45, 7) is 4.36. The van der Waals surface area contributed by atoms with Crippen LogP contribution >= 0.6 is 12.4 Å². The van der Waals surface area contributed by atoms with Gasteiger partial charge in [0, 0.05) is 6.42 Å². The highest BCUT2D eigenvalue weighted by Gasteiger charge is 2.24. The van der Waals surface area contributed by atoms with E-state index in [1.807, 2.05) is 0 Å². The minimum Gasteiger partial charge on any atom is -0.349 e. The molecule has 3 nitrogen and oxygen atoms in total. The van der Waals surface area contributed by atoms with Crippen LogP contribution in [0, 0.1) is 12.8 Å². The molecule has 1 aromatic rings. The molecule has 3 rings (SSSR count). The Bertz CT molecular complexity index is 512. The largest absolute Gasteiger partial charge is 0.349 e. The lowest BCUT2D eigenvalue weighted by molar-refractivity contribution is -0.122. The van der Waals surface area contributed by atoms with Crippen LogP contribution in [0.15, 0.2) is 18.2 Å². The minimum absolute atomic E-state index is 0. The van der Waals surface area contributed by atoms with Crippen molar-refractivity contribution in [3.05, 3.63) is 34.9 Å². The standard InChI is InChI=1S/C18H26N2O.ClH/c1-13-2-5-16-15(12-13)4-6-17(16)20-18(21)7-3-14-8-10-19-11-9-14;/h2,5,12,14,17,19H,3-4,6-11H2,1H3,(H,20,21);1H. The number of benzene rings is 1. The number of aryl methyl sites for hydroxylation is 2. The summed E-state index contributed by atoms with van der Waals surface area (Å²) in [7, 11) is 0. The number of carbonyl (C=O) groups excluding carboxylic acids is 1. The van der Waals surface area contributed by atoms with Gasteiger partial charge in [-0.25, -0.2) is 0 Å². The summed E-state index contributed by atoms with van der Waals surface area (Å²) >= 11 is 0. The lowest BCUT2D eigenvalue weighted by atomic mass is 9.93. The number of fused-ring (bicyclic) bond motifs is 1. The van der Waals surface area contributed by atoms with E-state index in [1.165, 1.54) is 29.5 Å². The van der Waals surface area contributed by atoms with Crippen LogP contribution in [0.25, 0.3) is 0 Å². The van der Waals surface area contributed by atoms with Crippen molar-refractivity contribution in [1.29, 1.82) is 0 Å². The first kappa shape index (κ1) is 17.3. The quantitative estimate of drug-likeness (QED) is 0.893. The fraction of sp³-hybridized carbons (Fsp3) is 0.611. The first-order valence-electron chi connectivity index (χ1n) is 8.32. The molecule has 1 aromatic carbocycles. The number of nitrogens with one attached hydrogen (secondary N) is 2. The average molecular weight is 323 g/mol. The van der Waals surface area contributed by atoms with E-state index < -0.39 is 0 Å². The Morgan fingerprint density at radius 3 is 2.82 bits per heavy atom. The zero-order chi connectivity index (χ0) is 14.7. The molecule has 1 aliphatic heterocycles. The van der Waals surface area contributed by atoms with Gasteiger partial charge < -0.3 is 10.6 Å². The molecule has 2 N–H and O–H groups in total. The van der Waals surface area contributed by atoms with Crippen LogP contribution in [0.5, 0.6) is 0 Å². The Morgan fingerprint density at radius 2 is 2.05 bits per heavy atom. The molecule has 0 saturated carbocycles. The van der Waals surface area contributed by atoms with Crippen LogP contribution in [0.3, 0.4) is 0 Å². The normalized spacial score (nSPS) is 21.0. The van der Waals surface area contributed by atoms with Crippen LogP contribution in [0.1, 0.15) is 54.8 Å². The molecule has 0 aromatic heterocycles. The van der Waals surface area contributed by atoms with E-state index in [1.54, 1.807) is 0 Å². The van der Waals surface area contributed by atoms with E-state index in [-0.39, 0.29) is 24.4 Å². The zero-order valence-electron chi connectivity index (χ0n) is 13.4. The van der Waals surface area contributed by atoms with E-state index in [0.717, 1.165) is 38.3 Å². The van der Waals surface area contributed by atoms with Gasteiger partial charge in [0.05, 0.1) is 6.04 Å². The zero-order valence-corrected chi connectivity index (χ0v) is 14.2. The molecule has 2 aliphatic rings. The van der Waals surface area contributed by atoms with E-state index >= 15 is 0 Å². The van der Waals surface area contributed by atoms with Gasteiger partial charge in [-0.15, -0.1) is 12.4 Å². The first-order chi connectivity index (χ1) is 10.2. The van der Waals surface area contributed by atoms with Gasteiger partial charge >= 0.3 is 0 Å². The monoisotopic (exact) mass is 322 g/mol. The van der Waals surface area contributed by atoms with Crippen LogP contribution in [0.4, 0.5) is 0 Å². The van der Waals surface area contributed by atoms with Crippen molar-refractivity contribution in [2.75, 3.05) is 13.1 Å². The molecule has 0 radical (unpaired) electrons. The van der Waals surface area contributed by atoms with Gasteiger partial charge in [-0.3, -0.25) is 4.79 Å². The number of amides is 1. The van der Waals surface area contributed by atoms with Crippen molar-refractivity contribution in [3.63, 3.8) is 0 Å². The van der Waals surface area contributed by atoms with Crippen molar-refractivity contribution in [3.8, 4) is 0 Å². The molecule has 1 aliphatic carbocycles. The van der Waals surface area contributed by atoms with Crippen molar-refractivity contribution in [2.45, 2.75) is 51.5 Å².